The summed E-state index contributed by atoms with van der Waals surface area (Å²) in [5.74, 6) is 0. The van der Waals surface area contributed by atoms with Crippen molar-refractivity contribution in [2.45, 2.75) is 64.9 Å². The molecule has 2 aliphatic heterocycles. The van der Waals surface area contributed by atoms with E-state index in [2.05, 4.69) is 37.9 Å². The number of carbonyl (C=O) groups is 1. The van der Waals surface area contributed by atoms with E-state index in [1.54, 1.807) is 0 Å². The molecule has 138 valence electrons. The molecule has 2 heterocycles. The molecule has 2 aliphatic rings. The first-order valence-electron chi connectivity index (χ1n) is 9.42. The Morgan fingerprint density at radius 1 is 1.08 bits per heavy atom. The van der Waals surface area contributed by atoms with E-state index in [4.69, 9.17) is 4.74 Å². The number of hydrogen-bond acceptors (Lipinski definition) is 3. The zero-order valence-electron chi connectivity index (χ0n) is 16.6. The van der Waals surface area contributed by atoms with Crippen LogP contribution >= 0.6 is 0 Å². The van der Waals surface area contributed by atoms with Gasteiger partial charge >= 0.3 is 6.09 Å². The molecule has 0 spiro atoms. The van der Waals surface area contributed by atoms with Gasteiger partial charge in [0, 0.05) is 32.4 Å². The Balaban J connectivity index is 1.84. The monoisotopic (exact) mass is 344 g/mol. The average Bonchev–Trinajstić information content (AvgIpc) is 2.70. The summed E-state index contributed by atoms with van der Waals surface area (Å²) >= 11 is 0. The Morgan fingerprint density at radius 2 is 1.68 bits per heavy atom. The molecule has 4 heteroatoms. The van der Waals surface area contributed by atoms with Crippen molar-refractivity contribution in [3.63, 3.8) is 0 Å². The number of fused-ring (bicyclic) bond motifs is 2. The maximum Gasteiger partial charge on any atom is 0.410 e. The first-order valence-corrected chi connectivity index (χ1v) is 9.42. The minimum absolute atomic E-state index is 0.192. The van der Waals surface area contributed by atoms with Crippen LogP contribution in [0.25, 0.3) is 0 Å². The summed E-state index contributed by atoms with van der Waals surface area (Å²) in [6.07, 6.45) is 2.79. The maximum absolute atomic E-state index is 12.4. The molecule has 0 aromatic heterocycles. The number of nitrogens with zero attached hydrogens (tertiary/aromatic N) is 2. The van der Waals surface area contributed by atoms with E-state index >= 15 is 0 Å². The summed E-state index contributed by atoms with van der Waals surface area (Å²) in [6.45, 7) is 13.0. The molecule has 0 saturated carbocycles. The van der Waals surface area contributed by atoms with E-state index in [1.807, 2.05) is 25.7 Å². The maximum atomic E-state index is 12.4. The number of amides is 1. The van der Waals surface area contributed by atoms with Crippen molar-refractivity contribution >= 4 is 11.8 Å². The predicted octanol–water partition coefficient (Wildman–Crippen LogP) is 4.14. The van der Waals surface area contributed by atoms with Crippen molar-refractivity contribution in [1.29, 1.82) is 0 Å². The number of benzene rings is 1. The molecule has 0 aliphatic carbocycles. The van der Waals surface area contributed by atoms with Gasteiger partial charge in [0.1, 0.15) is 5.60 Å². The highest BCUT2D eigenvalue weighted by Crippen LogP contribution is 2.41. The van der Waals surface area contributed by atoms with Crippen LogP contribution in [0.1, 0.15) is 57.7 Å². The summed E-state index contributed by atoms with van der Waals surface area (Å²) < 4.78 is 5.56. The molecule has 4 nitrogen and oxygen atoms in total. The molecule has 1 amide bonds. The first kappa shape index (κ1) is 18.1. The fourth-order valence-corrected chi connectivity index (χ4v) is 3.83. The van der Waals surface area contributed by atoms with E-state index in [-0.39, 0.29) is 11.5 Å². The van der Waals surface area contributed by atoms with E-state index in [9.17, 15) is 4.79 Å². The van der Waals surface area contributed by atoms with Crippen molar-refractivity contribution in [3.8, 4) is 0 Å². The summed E-state index contributed by atoms with van der Waals surface area (Å²) in [5, 5.41) is 0. The van der Waals surface area contributed by atoms with Crippen LogP contribution in [-0.4, -0.2) is 43.3 Å². The predicted molar refractivity (Wildman–Crippen MR) is 103 cm³/mol. The molecule has 0 atom stereocenters. The van der Waals surface area contributed by atoms with Crippen LogP contribution in [0.2, 0.25) is 0 Å². The Kier molecular flexibility index (Phi) is 4.50. The first-order chi connectivity index (χ1) is 11.6. The molecule has 0 fully saturated rings. The smallest absolute Gasteiger partial charge is 0.410 e. The third-order valence-corrected chi connectivity index (χ3v) is 5.48. The summed E-state index contributed by atoms with van der Waals surface area (Å²) in [7, 11) is 2.18. The molecule has 1 aromatic carbocycles. The lowest BCUT2D eigenvalue weighted by atomic mass is 9.76. The van der Waals surface area contributed by atoms with Crippen LogP contribution < -0.4 is 4.90 Å². The number of ether oxygens (including phenoxy) is 1. The number of anilines is 1. The van der Waals surface area contributed by atoms with Gasteiger partial charge in [0.25, 0.3) is 0 Å². The largest absolute Gasteiger partial charge is 0.444 e. The molecule has 0 saturated heterocycles. The Labute approximate surface area is 152 Å². The van der Waals surface area contributed by atoms with Crippen LogP contribution in [0.5, 0.6) is 0 Å². The molecular formula is C21H32N2O2. The third kappa shape index (κ3) is 3.78. The lowest BCUT2D eigenvalue weighted by molar-refractivity contribution is 0.0258. The van der Waals surface area contributed by atoms with Gasteiger partial charge in [0.15, 0.2) is 0 Å². The Bertz CT molecular complexity index is 673. The van der Waals surface area contributed by atoms with Crippen LogP contribution in [0.4, 0.5) is 10.5 Å². The van der Waals surface area contributed by atoms with Crippen LogP contribution in [0.3, 0.4) is 0 Å². The van der Waals surface area contributed by atoms with Crippen molar-refractivity contribution < 1.29 is 9.53 Å². The average molecular weight is 344 g/mol. The van der Waals surface area contributed by atoms with E-state index in [0.717, 1.165) is 32.5 Å². The van der Waals surface area contributed by atoms with Crippen molar-refractivity contribution in [1.82, 2.24) is 4.90 Å². The fraction of sp³-hybridized carbons (Fsp3) is 0.667. The number of carbonyl (C=O) groups excluding carboxylic acids is 1. The zero-order chi connectivity index (χ0) is 18.4. The standard InChI is InChI=1S/C21H32N2O2/c1-20(2,3)25-19(24)23-10-7-15-13-17-18(14-16(15)8-11-23)22(6)12-9-21(17,4)5/h13-14H,7-12H2,1-6H3. The second-order valence-corrected chi connectivity index (χ2v) is 9.16. The number of rotatable bonds is 0. The van der Waals surface area contributed by atoms with Crippen LogP contribution in [0.15, 0.2) is 12.1 Å². The molecule has 0 unspecified atom stereocenters. The Morgan fingerprint density at radius 3 is 2.28 bits per heavy atom. The van der Waals surface area contributed by atoms with Gasteiger partial charge in [-0.05, 0) is 68.2 Å². The fourth-order valence-electron chi connectivity index (χ4n) is 3.83. The lowest BCUT2D eigenvalue weighted by Crippen LogP contribution is -2.38. The normalized spacial score (nSPS) is 19.8. The topological polar surface area (TPSA) is 32.8 Å². The minimum Gasteiger partial charge on any atom is -0.444 e. The molecule has 3 rings (SSSR count). The summed E-state index contributed by atoms with van der Waals surface area (Å²) in [6, 6.07) is 4.77. The van der Waals surface area contributed by atoms with Gasteiger partial charge in [0.2, 0.25) is 0 Å². The van der Waals surface area contributed by atoms with Gasteiger partial charge in [-0.2, -0.15) is 0 Å². The van der Waals surface area contributed by atoms with Gasteiger partial charge in [-0.15, -0.1) is 0 Å². The van der Waals surface area contributed by atoms with E-state index in [0.29, 0.717) is 0 Å². The summed E-state index contributed by atoms with van der Waals surface area (Å²) in [5.41, 5.74) is 5.37. The van der Waals surface area contributed by atoms with E-state index in [1.165, 1.54) is 28.8 Å². The second-order valence-electron chi connectivity index (χ2n) is 9.16. The molecule has 0 bridgehead atoms. The van der Waals surface area contributed by atoms with Gasteiger partial charge in [-0.3, -0.25) is 0 Å². The van der Waals surface area contributed by atoms with E-state index < -0.39 is 5.60 Å². The molecule has 0 radical (unpaired) electrons. The van der Waals surface area contributed by atoms with Gasteiger partial charge in [-0.1, -0.05) is 19.9 Å². The highest BCUT2D eigenvalue weighted by molar-refractivity contribution is 5.69. The molecular weight excluding hydrogens is 312 g/mol. The second kappa shape index (κ2) is 6.22. The summed E-state index contributed by atoms with van der Waals surface area (Å²) in [4.78, 5) is 16.7. The highest BCUT2D eigenvalue weighted by atomic mass is 16.6. The van der Waals surface area contributed by atoms with Gasteiger partial charge in [-0.25, -0.2) is 4.79 Å². The SMILES string of the molecule is CN1CCC(C)(C)c2cc3c(cc21)CCN(C(=O)OC(C)(C)C)CC3. The third-order valence-electron chi connectivity index (χ3n) is 5.48. The number of hydrogen-bond donors (Lipinski definition) is 0. The van der Waals surface area contributed by atoms with Gasteiger partial charge < -0.3 is 14.5 Å². The molecule has 1 aromatic rings. The van der Waals surface area contributed by atoms with Crippen molar-refractivity contribution in [3.05, 3.63) is 28.8 Å². The van der Waals surface area contributed by atoms with Gasteiger partial charge in [0.05, 0.1) is 0 Å². The Hall–Kier alpha value is -1.71. The highest BCUT2D eigenvalue weighted by Gasteiger charge is 2.32. The minimum atomic E-state index is -0.442. The van der Waals surface area contributed by atoms with Crippen molar-refractivity contribution in [2.24, 2.45) is 0 Å². The van der Waals surface area contributed by atoms with Crippen molar-refractivity contribution in [2.75, 3.05) is 31.6 Å². The van der Waals surface area contributed by atoms with Crippen LogP contribution in [0, 0.1) is 0 Å². The van der Waals surface area contributed by atoms with Crippen LogP contribution in [-0.2, 0) is 23.0 Å². The molecule has 25 heavy (non-hydrogen) atoms. The zero-order valence-corrected chi connectivity index (χ0v) is 16.6. The quantitative estimate of drug-likeness (QED) is 0.709. The lowest BCUT2D eigenvalue weighted by Gasteiger charge is -2.39. The molecule has 0 N–H and O–H groups in total.